The Hall–Kier alpha value is -0.670. The summed E-state index contributed by atoms with van der Waals surface area (Å²) >= 11 is 0. The van der Waals surface area contributed by atoms with Gasteiger partial charge in [0.05, 0.1) is 0 Å². The molecule has 3 heteroatoms. The van der Waals surface area contributed by atoms with Gasteiger partial charge in [0, 0.05) is 12.3 Å². The zero-order valence-corrected chi connectivity index (χ0v) is 7.95. The van der Waals surface area contributed by atoms with Crippen LogP contribution < -0.4 is 0 Å². The van der Waals surface area contributed by atoms with Crippen LogP contribution in [0.5, 0.6) is 0 Å². The zero-order valence-electron chi connectivity index (χ0n) is 7.95. The van der Waals surface area contributed by atoms with Crippen LogP contribution in [0.2, 0.25) is 0 Å². The van der Waals surface area contributed by atoms with Crippen LogP contribution >= 0.6 is 0 Å². The Kier molecular flexibility index (Phi) is 1.82. The van der Waals surface area contributed by atoms with Crippen molar-refractivity contribution in [3.8, 4) is 0 Å². The molecule has 0 bridgehead atoms. The van der Waals surface area contributed by atoms with Gasteiger partial charge >= 0.3 is 0 Å². The van der Waals surface area contributed by atoms with Crippen LogP contribution in [0.4, 0.5) is 0 Å². The molecule has 72 valence electrons. The third-order valence-electron chi connectivity index (χ3n) is 2.61. The molecular formula is C10H14O3. The lowest BCUT2D eigenvalue weighted by atomic mass is 10.1. The SMILES string of the molecule is C=C[C@H]1CC(=O)[C@H]2OC(C)(C)O[C@@H]21. The van der Waals surface area contributed by atoms with Gasteiger partial charge in [-0.2, -0.15) is 0 Å². The Balaban J connectivity index is 2.22. The zero-order chi connectivity index (χ0) is 9.64. The van der Waals surface area contributed by atoms with Crippen molar-refractivity contribution >= 4 is 5.78 Å². The van der Waals surface area contributed by atoms with E-state index in [4.69, 9.17) is 9.47 Å². The molecule has 0 unspecified atom stereocenters. The fourth-order valence-corrected chi connectivity index (χ4v) is 2.03. The lowest BCUT2D eigenvalue weighted by molar-refractivity contribution is -0.161. The van der Waals surface area contributed by atoms with Crippen molar-refractivity contribution in [2.45, 2.75) is 38.3 Å². The fraction of sp³-hybridized carbons (Fsp3) is 0.700. The van der Waals surface area contributed by atoms with Crippen molar-refractivity contribution in [2.75, 3.05) is 0 Å². The van der Waals surface area contributed by atoms with Gasteiger partial charge in [0.15, 0.2) is 11.6 Å². The third kappa shape index (κ3) is 1.32. The van der Waals surface area contributed by atoms with Gasteiger partial charge < -0.3 is 9.47 Å². The summed E-state index contributed by atoms with van der Waals surface area (Å²) in [4.78, 5) is 11.5. The molecular weight excluding hydrogens is 168 g/mol. The number of ketones is 1. The van der Waals surface area contributed by atoms with E-state index in [1.807, 2.05) is 13.8 Å². The van der Waals surface area contributed by atoms with Crippen molar-refractivity contribution in [1.29, 1.82) is 0 Å². The summed E-state index contributed by atoms with van der Waals surface area (Å²) in [6, 6.07) is 0. The quantitative estimate of drug-likeness (QED) is 0.573. The smallest absolute Gasteiger partial charge is 0.165 e. The second kappa shape index (κ2) is 2.66. The third-order valence-corrected chi connectivity index (χ3v) is 2.61. The predicted molar refractivity (Wildman–Crippen MR) is 47.1 cm³/mol. The summed E-state index contributed by atoms with van der Waals surface area (Å²) in [5, 5.41) is 0. The van der Waals surface area contributed by atoms with Crippen LogP contribution in [0.3, 0.4) is 0 Å². The first-order chi connectivity index (χ1) is 6.03. The average Bonchev–Trinajstić information content (AvgIpc) is 2.47. The molecule has 0 N–H and O–H groups in total. The standard InChI is InChI=1S/C10H14O3/c1-4-6-5-7(11)9-8(6)12-10(2,3)13-9/h4,6,8-9H,1,5H2,2-3H3/t6-,8+,9+/m0/s1. The van der Waals surface area contributed by atoms with E-state index in [0.717, 1.165) is 0 Å². The minimum Gasteiger partial charge on any atom is -0.343 e. The monoisotopic (exact) mass is 182 g/mol. The number of hydrogen-bond acceptors (Lipinski definition) is 3. The largest absolute Gasteiger partial charge is 0.343 e. The molecule has 0 spiro atoms. The molecule has 1 aliphatic carbocycles. The summed E-state index contributed by atoms with van der Waals surface area (Å²) in [5.74, 6) is -0.355. The lowest BCUT2D eigenvalue weighted by Gasteiger charge is -2.19. The van der Waals surface area contributed by atoms with Crippen molar-refractivity contribution in [3.63, 3.8) is 0 Å². The second-order valence-electron chi connectivity index (χ2n) is 4.09. The van der Waals surface area contributed by atoms with Gasteiger partial charge in [-0.3, -0.25) is 4.79 Å². The molecule has 0 aromatic heterocycles. The second-order valence-corrected chi connectivity index (χ2v) is 4.09. The first kappa shape index (κ1) is 8.91. The molecule has 2 rings (SSSR count). The van der Waals surface area contributed by atoms with Gasteiger partial charge in [-0.1, -0.05) is 6.08 Å². The van der Waals surface area contributed by atoms with E-state index < -0.39 is 5.79 Å². The van der Waals surface area contributed by atoms with E-state index in [1.165, 1.54) is 0 Å². The van der Waals surface area contributed by atoms with Crippen LogP contribution in [0.1, 0.15) is 20.3 Å². The van der Waals surface area contributed by atoms with Crippen molar-refractivity contribution in [2.24, 2.45) is 5.92 Å². The molecule has 13 heavy (non-hydrogen) atoms. The molecule has 2 aliphatic rings. The number of rotatable bonds is 1. The average molecular weight is 182 g/mol. The highest BCUT2D eigenvalue weighted by atomic mass is 16.8. The number of Topliss-reactive ketones (excluding diaryl/α,β-unsaturated/α-hetero) is 1. The maximum Gasteiger partial charge on any atom is 0.165 e. The summed E-state index contributed by atoms with van der Waals surface area (Å²) in [6.45, 7) is 7.36. The Labute approximate surface area is 77.7 Å². The molecule has 0 radical (unpaired) electrons. The summed E-state index contributed by atoms with van der Waals surface area (Å²) < 4.78 is 11.1. The Morgan fingerprint density at radius 3 is 2.85 bits per heavy atom. The topological polar surface area (TPSA) is 35.5 Å². The highest BCUT2D eigenvalue weighted by molar-refractivity contribution is 5.87. The normalized spacial score (nSPS) is 42.0. The van der Waals surface area contributed by atoms with Gasteiger partial charge in [-0.25, -0.2) is 0 Å². The lowest BCUT2D eigenvalue weighted by Crippen LogP contribution is -2.25. The first-order valence-electron chi connectivity index (χ1n) is 4.54. The van der Waals surface area contributed by atoms with Crippen LogP contribution in [-0.4, -0.2) is 23.8 Å². The number of hydrogen-bond donors (Lipinski definition) is 0. The van der Waals surface area contributed by atoms with Crippen LogP contribution in [0, 0.1) is 5.92 Å². The number of fused-ring (bicyclic) bond motifs is 1. The van der Waals surface area contributed by atoms with Gasteiger partial charge in [0.25, 0.3) is 0 Å². The summed E-state index contributed by atoms with van der Waals surface area (Å²) in [5.41, 5.74) is 0. The van der Waals surface area contributed by atoms with Crippen LogP contribution in [0.25, 0.3) is 0 Å². The number of carbonyl (C=O) groups excluding carboxylic acids is 1. The molecule has 1 heterocycles. The van der Waals surface area contributed by atoms with Gasteiger partial charge in [-0.05, 0) is 13.8 Å². The van der Waals surface area contributed by atoms with E-state index in [2.05, 4.69) is 6.58 Å². The molecule has 1 aliphatic heterocycles. The van der Waals surface area contributed by atoms with Crippen LogP contribution in [0.15, 0.2) is 12.7 Å². The van der Waals surface area contributed by atoms with E-state index in [1.54, 1.807) is 6.08 Å². The van der Waals surface area contributed by atoms with E-state index in [-0.39, 0.29) is 23.9 Å². The molecule has 1 saturated carbocycles. The molecule has 1 saturated heterocycles. The van der Waals surface area contributed by atoms with Gasteiger partial charge in [0.1, 0.15) is 12.2 Å². The van der Waals surface area contributed by atoms with Crippen molar-refractivity contribution in [1.82, 2.24) is 0 Å². The van der Waals surface area contributed by atoms with Crippen LogP contribution in [-0.2, 0) is 14.3 Å². The highest BCUT2D eigenvalue weighted by Crippen LogP contribution is 2.39. The van der Waals surface area contributed by atoms with E-state index >= 15 is 0 Å². The number of carbonyl (C=O) groups is 1. The van der Waals surface area contributed by atoms with Gasteiger partial charge in [0.2, 0.25) is 0 Å². The molecule has 0 amide bonds. The Morgan fingerprint density at radius 2 is 2.23 bits per heavy atom. The van der Waals surface area contributed by atoms with Crippen molar-refractivity contribution < 1.29 is 14.3 Å². The predicted octanol–water partition coefficient (Wildman–Crippen LogP) is 1.28. The molecule has 2 fully saturated rings. The van der Waals surface area contributed by atoms with E-state index in [0.29, 0.717) is 6.42 Å². The van der Waals surface area contributed by atoms with E-state index in [9.17, 15) is 4.79 Å². The Bertz CT molecular complexity index is 257. The highest BCUT2D eigenvalue weighted by Gasteiger charge is 2.52. The minimum absolute atomic E-state index is 0.111. The molecule has 3 nitrogen and oxygen atoms in total. The van der Waals surface area contributed by atoms with Crippen molar-refractivity contribution in [3.05, 3.63) is 12.7 Å². The maximum absolute atomic E-state index is 11.5. The first-order valence-corrected chi connectivity index (χ1v) is 4.54. The Morgan fingerprint density at radius 1 is 1.54 bits per heavy atom. The fourth-order valence-electron chi connectivity index (χ4n) is 2.03. The molecule has 0 aromatic rings. The molecule has 3 atom stereocenters. The molecule has 0 aromatic carbocycles. The summed E-state index contributed by atoms with van der Waals surface area (Å²) in [7, 11) is 0. The summed E-state index contributed by atoms with van der Waals surface area (Å²) in [6.07, 6.45) is 1.82. The number of ether oxygens (including phenoxy) is 2. The minimum atomic E-state index is -0.618. The maximum atomic E-state index is 11.5. The van der Waals surface area contributed by atoms with Gasteiger partial charge in [-0.15, -0.1) is 6.58 Å².